The first-order chi connectivity index (χ1) is 26.8. The van der Waals surface area contributed by atoms with Gasteiger partial charge in [-0.3, -0.25) is 4.55 Å². The van der Waals surface area contributed by atoms with Crippen molar-refractivity contribution >= 4 is 58.0 Å². The number of ether oxygens (including phenoxy) is 2. The molecular weight excluding hydrogens is 793 g/mol. The molecule has 0 saturated heterocycles. The van der Waals surface area contributed by atoms with Crippen LogP contribution in [0.3, 0.4) is 0 Å². The molecular formula is C44H58CaO10S2. The van der Waals surface area contributed by atoms with Crippen LogP contribution in [0.5, 0.6) is 34.5 Å². The van der Waals surface area contributed by atoms with E-state index in [0.717, 1.165) is 36.8 Å². The van der Waals surface area contributed by atoms with Crippen LogP contribution in [0.4, 0.5) is 0 Å². The van der Waals surface area contributed by atoms with Crippen LogP contribution in [0.25, 0.3) is 0 Å². The first-order valence-corrected chi connectivity index (χ1v) is 22.8. The minimum absolute atomic E-state index is 0. The molecule has 0 spiro atoms. The zero-order chi connectivity index (χ0) is 40.8. The smallest absolute Gasteiger partial charge is 0.870 e. The molecule has 0 unspecified atom stereocenters. The number of unbranched alkanes of at least 4 members (excludes halogenated alkanes) is 14. The Kier molecular flexibility index (Phi) is 23.8. The van der Waals surface area contributed by atoms with Gasteiger partial charge in [-0.25, -0.2) is 8.42 Å². The van der Waals surface area contributed by atoms with Crippen LogP contribution >= 0.6 is 0 Å². The first-order valence-electron chi connectivity index (χ1n) is 19.9. The Bertz CT molecular complexity index is 1810. The summed E-state index contributed by atoms with van der Waals surface area (Å²) in [4.78, 5) is -0.535. The van der Waals surface area contributed by atoms with Crippen LogP contribution in [0, 0.1) is 0 Å². The Balaban J connectivity index is 0.000000387. The minimum atomic E-state index is -4.49. The van der Waals surface area contributed by atoms with Crippen molar-refractivity contribution in [2.24, 2.45) is 0 Å². The number of phenols is 1. The molecule has 2 N–H and O–H groups in total. The SMILES string of the molecule is CCCCCCCCCCc1ccc(Oc2ccc(S(=O)(=O)O)cc2)c(O)c1.CCCCCCCCCCc1ccc(Oc2ccc(S(=O)(=O)[O-])cc2)c([O-])c1.[Ca+2]. The number of aromatic hydroxyl groups is 1. The van der Waals surface area contributed by atoms with Crippen molar-refractivity contribution in [3.05, 3.63) is 96.1 Å². The zero-order valence-electron chi connectivity index (χ0n) is 33.5. The molecule has 0 aliphatic heterocycles. The van der Waals surface area contributed by atoms with E-state index in [9.17, 15) is 31.6 Å². The predicted molar refractivity (Wildman–Crippen MR) is 223 cm³/mol. The van der Waals surface area contributed by atoms with E-state index in [-0.39, 0.29) is 64.8 Å². The zero-order valence-corrected chi connectivity index (χ0v) is 37.3. The second kappa shape index (κ2) is 27.0. The molecule has 0 amide bonds. The molecule has 4 rings (SSSR count). The van der Waals surface area contributed by atoms with Gasteiger partial charge in [0.15, 0.2) is 11.5 Å². The first kappa shape index (κ1) is 50.3. The maximum absolute atomic E-state index is 12.2. The summed E-state index contributed by atoms with van der Waals surface area (Å²) >= 11 is 0. The van der Waals surface area contributed by atoms with E-state index in [1.54, 1.807) is 24.3 Å². The van der Waals surface area contributed by atoms with Crippen molar-refractivity contribution in [3.8, 4) is 34.5 Å². The number of hydrogen-bond donors (Lipinski definition) is 2. The second-order valence-corrected chi connectivity index (χ2v) is 16.9. The van der Waals surface area contributed by atoms with Gasteiger partial charge in [-0.05, 0) is 104 Å². The maximum Gasteiger partial charge on any atom is 2.00 e. The third-order valence-electron chi connectivity index (χ3n) is 9.36. The average molecular weight is 851 g/mol. The van der Waals surface area contributed by atoms with E-state index < -0.39 is 20.2 Å². The van der Waals surface area contributed by atoms with Crippen molar-refractivity contribution < 1.29 is 45.6 Å². The van der Waals surface area contributed by atoms with Crippen molar-refractivity contribution in [2.75, 3.05) is 0 Å². The number of rotatable bonds is 24. The number of hydrogen-bond acceptors (Lipinski definition) is 9. The van der Waals surface area contributed by atoms with E-state index in [1.807, 2.05) is 12.1 Å². The van der Waals surface area contributed by atoms with Gasteiger partial charge in [-0.15, -0.1) is 0 Å². The standard InChI is InChI=1S/2C22H30O5S.Ca/c2*1-2-3-4-5-6-7-8-9-10-18-11-16-22(21(23)17-18)27-19-12-14-20(15-13-19)28(24,25)26;/h2*11-17,23H,2-10H2,1H3,(H,24,25,26);/q;;+2/p-2. The third-order valence-corrected chi connectivity index (χ3v) is 11.1. The average Bonchev–Trinajstić information content (AvgIpc) is 3.16. The summed E-state index contributed by atoms with van der Waals surface area (Å²) in [5, 5.41) is 22.4. The summed E-state index contributed by atoms with van der Waals surface area (Å²) in [6.45, 7) is 4.45. The van der Waals surface area contributed by atoms with Gasteiger partial charge in [0.25, 0.3) is 10.1 Å². The summed E-state index contributed by atoms with van der Waals surface area (Å²) in [7, 11) is -8.72. The summed E-state index contributed by atoms with van der Waals surface area (Å²) in [6, 6.07) is 20.9. The van der Waals surface area contributed by atoms with Crippen molar-refractivity contribution in [1.29, 1.82) is 0 Å². The van der Waals surface area contributed by atoms with E-state index in [4.69, 9.17) is 14.0 Å². The summed E-state index contributed by atoms with van der Waals surface area (Å²) < 4.78 is 75.0. The van der Waals surface area contributed by atoms with E-state index in [2.05, 4.69) is 13.8 Å². The van der Waals surface area contributed by atoms with Gasteiger partial charge in [0, 0.05) is 0 Å². The van der Waals surface area contributed by atoms with E-state index in [0.29, 0.717) is 17.2 Å². The quantitative estimate of drug-likeness (QED) is 0.0392. The van der Waals surface area contributed by atoms with Gasteiger partial charge in [0.2, 0.25) is 0 Å². The van der Waals surface area contributed by atoms with Crippen LogP contribution in [0.1, 0.15) is 128 Å². The molecule has 4 aromatic carbocycles. The molecule has 0 aliphatic carbocycles. The number of benzene rings is 4. The molecule has 0 heterocycles. The molecule has 10 nitrogen and oxygen atoms in total. The number of aryl methyl sites for hydroxylation is 2. The van der Waals surface area contributed by atoms with Gasteiger partial charge in [-0.2, -0.15) is 8.42 Å². The molecule has 4 aromatic rings. The number of phenolic OH excluding ortho intramolecular Hbond substituents is 1. The van der Waals surface area contributed by atoms with Gasteiger partial charge in [0.1, 0.15) is 27.4 Å². The summed E-state index contributed by atoms with van der Waals surface area (Å²) in [5.74, 6) is 1.00. The Morgan fingerprint density at radius 2 is 0.912 bits per heavy atom. The summed E-state index contributed by atoms with van der Waals surface area (Å²) in [5.41, 5.74) is 2.06. The fourth-order valence-electron chi connectivity index (χ4n) is 6.13. The van der Waals surface area contributed by atoms with E-state index >= 15 is 0 Å². The largest absolute Gasteiger partial charge is 2.00 e. The third kappa shape index (κ3) is 20.1. The Hall–Kier alpha value is -2.84. The van der Waals surface area contributed by atoms with E-state index in [1.165, 1.54) is 138 Å². The molecule has 57 heavy (non-hydrogen) atoms. The topological polar surface area (TPSA) is 173 Å². The molecule has 13 heteroatoms. The fourth-order valence-corrected chi connectivity index (χ4v) is 7.08. The molecule has 308 valence electrons. The van der Waals surface area contributed by atoms with Crippen LogP contribution in [0.2, 0.25) is 0 Å². The Morgan fingerprint density at radius 3 is 1.32 bits per heavy atom. The molecule has 0 bridgehead atoms. The normalized spacial score (nSPS) is 11.3. The van der Waals surface area contributed by atoms with Crippen LogP contribution in [-0.2, 0) is 33.1 Å². The van der Waals surface area contributed by atoms with Gasteiger partial charge in [0.05, 0.1) is 9.79 Å². The van der Waals surface area contributed by atoms with Crippen LogP contribution < -0.4 is 14.6 Å². The maximum atomic E-state index is 12.2. The van der Waals surface area contributed by atoms with Crippen LogP contribution in [-0.4, -0.2) is 68.8 Å². The molecule has 0 aromatic heterocycles. The predicted octanol–water partition coefficient (Wildman–Crippen LogP) is 10.9. The van der Waals surface area contributed by atoms with Crippen molar-refractivity contribution in [1.82, 2.24) is 0 Å². The fraction of sp³-hybridized carbons (Fsp3) is 0.455. The van der Waals surface area contributed by atoms with Crippen molar-refractivity contribution in [3.63, 3.8) is 0 Å². The van der Waals surface area contributed by atoms with Gasteiger partial charge < -0.3 is 24.2 Å². The molecule has 0 radical (unpaired) electrons. The Labute approximate surface area is 370 Å². The van der Waals surface area contributed by atoms with Gasteiger partial charge >= 0.3 is 37.7 Å². The van der Waals surface area contributed by atoms with Crippen LogP contribution in [0.15, 0.2) is 94.7 Å². The molecule has 0 fully saturated rings. The summed E-state index contributed by atoms with van der Waals surface area (Å²) in [6.07, 6.45) is 21.9. The molecule has 0 aliphatic rings. The molecule has 0 saturated carbocycles. The second-order valence-electron chi connectivity index (χ2n) is 14.1. The Morgan fingerprint density at radius 1 is 0.526 bits per heavy atom. The monoisotopic (exact) mass is 850 g/mol. The van der Waals surface area contributed by atoms with Crippen molar-refractivity contribution in [2.45, 2.75) is 139 Å². The minimum Gasteiger partial charge on any atom is -0.870 e. The van der Waals surface area contributed by atoms with Gasteiger partial charge in [-0.1, -0.05) is 128 Å². The molecule has 0 atom stereocenters.